The maximum atomic E-state index is 12.7. The third-order valence-electron chi connectivity index (χ3n) is 5.46. The van der Waals surface area contributed by atoms with Crippen molar-refractivity contribution in [3.8, 4) is 5.75 Å². The van der Waals surface area contributed by atoms with E-state index in [2.05, 4.69) is 10.6 Å². The quantitative estimate of drug-likeness (QED) is 0.750. The van der Waals surface area contributed by atoms with E-state index in [0.29, 0.717) is 12.8 Å². The second-order valence-corrected chi connectivity index (χ2v) is 7.67. The Morgan fingerprint density at radius 2 is 1.85 bits per heavy atom. The second-order valence-electron chi connectivity index (χ2n) is 7.67. The maximum Gasteiger partial charge on any atom is 0.325 e. The minimum Gasteiger partial charge on any atom is -0.497 e. The minimum absolute atomic E-state index is 0.145. The zero-order chi connectivity index (χ0) is 19.6. The molecule has 1 aromatic carbocycles. The van der Waals surface area contributed by atoms with Gasteiger partial charge in [0, 0.05) is 0 Å². The lowest BCUT2D eigenvalue weighted by atomic mass is 9.96. The van der Waals surface area contributed by atoms with Crippen molar-refractivity contribution in [1.29, 1.82) is 0 Å². The number of methoxy groups -OCH3 is 1. The summed E-state index contributed by atoms with van der Waals surface area (Å²) in [5.74, 6) is 0.272. The van der Waals surface area contributed by atoms with E-state index in [1.807, 2.05) is 38.1 Å². The van der Waals surface area contributed by atoms with Gasteiger partial charge in [0.15, 0.2) is 0 Å². The summed E-state index contributed by atoms with van der Waals surface area (Å²) < 4.78 is 5.17. The fourth-order valence-corrected chi connectivity index (χ4v) is 3.95. The molecule has 27 heavy (non-hydrogen) atoms. The predicted molar refractivity (Wildman–Crippen MR) is 100 cm³/mol. The van der Waals surface area contributed by atoms with E-state index >= 15 is 0 Å². The molecule has 1 atom stereocenters. The molecule has 0 radical (unpaired) electrons. The minimum atomic E-state index is -0.787. The first-order valence-corrected chi connectivity index (χ1v) is 9.44. The van der Waals surface area contributed by atoms with Crippen LogP contribution < -0.4 is 15.4 Å². The molecule has 4 amide bonds. The van der Waals surface area contributed by atoms with Crippen LogP contribution >= 0.6 is 0 Å². The summed E-state index contributed by atoms with van der Waals surface area (Å²) in [5.41, 5.74) is 0.161. The standard InChI is InChI=1S/C20H27N3O4/c1-13(2)17(14-6-8-15(27-3)9-7-14)21-16(24)12-23-18(25)20(22-19(23)26)10-4-5-11-20/h6-9,13,17H,4-5,10-12H2,1-3H3,(H,21,24)(H,22,26)/t17-/m1/s1. The third kappa shape index (κ3) is 3.77. The third-order valence-corrected chi connectivity index (χ3v) is 5.46. The number of nitrogens with zero attached hydrogens (tertiary/aromatic N) is 1. The second kappa shape index (κ2) is 7.58. The fraction of sp³-hybridized carbons (Fsp3) is 0.550. The van der Waals surface area contributed by atoms with E-state index in [1.165, 1.54) is 0 Å². The van der Waals surface area contributed by atoms with E-state index < -0.39 is 11.6 Å². The monoisotopic (exact) mass is 373 g/mol. The number of ether oxygens (including phenoxy) is 1. The molecule has 1 aliphatic carbocycles. The molecule has 7 heteroatoms. The summed E-state index contributed by atoms with van der Waals surface area (Å²) in [5, 5.41) is 5.76. The average molecular weight is 373 g/mol. The van der Waals surface area contributed by atoms with Crippen LogP contribution in [-0.2, 0) is 9.59 Å². The highest BCUT2D eigenvalue weighted by Gasteiger charge is 2.52. The van der Waals surface area contributed by atoms with Crippen molar-refractivity contribution in [3.05, 3.63) is 29.8 Å². The summed E-state index contributed by atoms with van der Waals surface area (Å²) in [6, 6.07) is 6.82. The summed E-state index contributed by atoms with van der Waals surface area (Å²) in [6.45, 7) is 3.76. The Bertz CT molecular complexity index is 723. The Morgan fingerprint density at radius 3 is 2.41 bits per heavy atom. The van der Waals surface area contributed by atoms with Crippen LogP contribution in [-0.4, -0.2) is 41.9 Å². The molecule has 1 aromatic rings. The zero-order valence-electron chi connectivity index (χ0n) is 16.1. The van der Waals surface area contributed by atoms with Crippen molar-refractivity contribution < 1.29 is 19.1 Å². The normalized spacial score (nSPS) is 19.5. The van der Waals surface area contributed by atoms with E-state index in [1.54, 1.807) is 7.11 Å². The number of hydrogen-bond acceptors (Lipinski definition) is 4. The number of carbonyl (C=O) groups excluding carboxylic acids is 3. The molecule has 146 valence electrons. The highest BCUT2D eigenvalue weighted by molar-refractivity contribution is 6.09. The highest BCUT2D eigenvalue weighted by atomic mass is 16.5. The van der Waals surface area contributed by atoms with E-state index in [4.69, 9.17) is 4.74 Å². The number of amides is 4. The lowest BCUT2D eigenvalue weighted by Gasteiger charge is -2.24. The van der Waals surface area contributed by atoms with E-state index in [9.17, 15) is 14.4 Å². The topological polar surface area (TPSA) is 87.7 Å². The van der Waals surface area contributed by atoms with Crippen LogP contribution in [0.1, 0.15) is 51.1 Å². The average Bonchev–Trinajstić information content (AvgIpc) is 3.20. The summed E-state index contributed by atoms with van der Waals surface area (Å²) in [6.07, 6.45) is 3.13. The lowest BCUT2D eigenvalue weighted by molar-refractivity contribution is -0.135. The van der Waals surface area contributed by atoms with Crippen molar-refractivity contribution in [2.24, 2.45) is 5.92 Å². The zero-order valence-corrected chi connectivity index (χ0v) is 16.1. The number of rotatable bonds is 6. The molecule has 0 bridgehead atoms. The molecule has 1 heterocycles. The number of carbonyl (C=O) groups is 3. The van der Waals surface area contributed by atoms with Crippen LogP contribution in [0.25, 0.3) is 0 Å². The molecule has 1 saturated heterocycles. The first-order chi connectivity index (χ1) is 12.9. The van der Waals surface area contributed by atoms with Crippen LogP contribution in [0.15, 0.2) is 24.3 Å². The molecule has 1 aliphatic heterocycles. The smallest absolute Gasteiger partial charge is 0.325 e. The van der Waals surface area contributed by atoms with Gasteiger partial charge < -0.3 is 15.4 Å². The molecule has 3 rings (SSSR count). The Morgan fingerprint density at radius 1 is 1.22 bits per heavy atom. The Kier molecular flexibility index (Phi) is 5.39. The van der Waals surface area contributed by atoms with Gasteiger partial charge in [-0.2, -0.15) is 0 Å². The van der Waals surface area contributed by atoms with E-state index in [0.717, 1.165) is 29.1 Å². The van der Waals surface area contributed by atoms with Gasteiger partial charge in [0.2, 0.25) is 5.91 Å². The summed E-state index contributed by atoms with van der Waals surface area (Å²) >= 11 is 0. The molecule has 1 saturated carbocycles. The van der Waals surface area contributed by atoms with Crippen molar-refractivity contribution in [3.63, 3.8) is 0 Å². The van der Waals surface area contributed by atoms with Gasteiger partial charge in [-0.3, -0.25) is 14.5 Å². The number of benzene rings is 1. The van der Waals surface area contributed by atoms with Gasteiger partial charge in [-0.25, -0.2) is 4.79 Å². The number of imide groups is 1. The van der Waals surface area contributed by atoms with Crippen LogP contribution in [0.5, 0.6) is 5.75 Å². The van der Waals surface area contributed by atoms with Crippen molar-refractivity contribution >= 4 is 17.8 Å². The van der Waals surface area contributed by atoms with Gasteiger partial charge in [0.05, 0.1) is 13.2 Å². The predicted octanol–water partition coefficient (Wildman–Crippen LogP) is 2.37. The van der Waals surface area contributed by atoms with Crippen LogP contribution in [0.4, 0.5) is 4.79 Å². The van der Waals surface area contributed by atoms with Crippen molar-refractivity contribution in [2.75, 3.05) is 13.7 Å². The summed E-state index contributed by atoms with van der Waals surface area (Å²) in [4.78, 5) is 38.6. The van der Waals surface area contributed by atoms with Gasteiger partial charge in [-0.1, -0.05) is 38.8 Å². The van der Waals surface area contributed by atoms with Gasteiger partial charge in [0.25, 0.3) is 5.91 Å². The maximum absolute atomic E-state index is 12.7. The molecular formula is C20H27N3O4. The summed E-state index contributed by atoms with van der Waals surface area (Å²) in [7, 11) is 1.60. The lowest BCUT2D eigenvalue weighted by Crippen LogP contribution is -2.46. The number of urea groups is 1. The molecule has 0 unspecified atom stereocenters. The van der Waals surface area contributed by atoms with Gasteiger partial charge in [-0.15, -0.1) is 0 Å². The van der Waals surface area contributed by atoms with Crippen LogP contribution in [0.3, 0.4) is 0 Å². The SMILES string of the molecule is COc1ccc([C@H](NC(=O)CN2C(=O)NC3(CCCC3)C2=O)C(C)C)cc1. The fourth-order valence-electron chi connectivity index (χ4n) is 3.95. The largest absolute Gasteiger partial charge is 0.497 e. The molecule has 2 aliphatic rings. The van der Waals surface area contributed by atoms with Gasteiger partial charge >= 0.3 is 6.03 Å². The van der Waals surface area contributed by atoms with Crippen LogP contribution in [0, 0.1) is 5.92 Å². The van der Waals surface area contributed by atoms with Crippen LogP contribution in [0.2, 0.25) is 0 Å². The van der Waals surface area contributed by atoms with Gasteiger partial charge in [0.1, 0.15) is 17.8 Å². The molecule has 2 N–H and O–H groups in total. The Hall–Kier alpha value is -2.57. The highest BCUT2D eigenvalue weighted by Crippen LogP contribution is 2.35. The molecule has 7 nitrogen and oxygen atoms in total. The molecular weight excluding hydrogens is 346 g/mol. The Balaban J connectivity index is 1.67. The molecule has 0 aromatic heterocycles. The van der Waals surface area contributed by atoms with Crippen molar-refractivity contribution in [1.82, 2.24) is 15.5 Å². The number of hydrogen-bond donors (Lipinski definition) is 2. The first-order valence-electron chi connectivity index (χ1n) is 9.44. The van der Waals surface area contributed by atoms with Gasteiger partial charge in [-0.05, 0) is 36.5 Å². The first kappa shape index (κ1) is 19.2. The molecule has 2 fully saturated rings. The van der Waals surface area contributed by atoms with E-state index in [-0.39, 0.29) is 30.3 Å². The molecule has 1 spiro atoms. The number of nitrogens with one attached hydrogen (secondary N) is 2. The van der Waals surface area contributed by atoms with Crippen molar-refractivity contribution in [2.45, 2.75) is 51.1 Å². The Labute approximate surface area is 159 Å².